The Bertz CT molecular complexity index is 673. The van der Waals surface area contributed by atoms with E-state index in [1.54, 1.807) is 18.2 Å². The van der Waals surface area contributed by atoms with Gasteiger partial charge in [-0.25, -0.2) is 4.39 Å². The molecule has 1 atom stereocenters. The molecule has 110 valence electrons. The lowest BCUT2D eigenvalue weighted by Gasteiger charge is -2.35. The summed E-state index contributed by atoms with van der Waals surface area (Å²) >= 11 is 3.50. The number of amides is 1. The summed E-state index contributed by atoms with van der Waals surface area (Å²) in [7, 11) is 0. The largest absolute Gasteiger partial charge is 0.335 e. The van der Waals surface area contributed by atoms with E-state index < -0.39 is 0 Å². The fourth-order valence-electron chi connectivity index (χ4n) is 3.03. The van der Waals surface area contributed by atoms with Crippen molar-refractivity contribution in [3.8, 4) is 0 Å². The van der Waals surface area contributed by atoms with Gasteiger partial charge in [0.15, 0.2) is 0 Å². The van der Waals surface area contributed by atoms with Crippen LogP contribution in [-0.4, -0.2) is 28.7 Å². The van der Waals surface area contributed by atoms with Crippen LogP contribution < -0.4 is 0 Å². The van der Waals surface area contributed by atoms with Gasteiger partial charge in [-0.05, 0) is 36.8 Å². The number of halogens is 2. The van der Waals surface area contributed by atoms with E-state index in [-0.39, 0.29) is 17.8 Å². The Hall–Kier alpha value is -1.42. The van der Waals surface area contributed by atoms with Gasteiger partial charge in [0.2, 0.25) is 0 Å². The minimum atomic E-state index is -0.280. The average molecular weight is 350 g/mol. The lowest BCUT2D eigenvalue weighted by molar-refractivity contribution is 0.0644. The van der Waals surface area contributed by atoms with Gasteiger partial charge in [-0.1, -0.05) is 40.2 Å². The summed E-state index contributed by atoms with van der Waals surface area (Å²) in [5.41, 5.74) is 0.597. The quantitative estimate of drug-likeness (QED) is 0.737. The first-order valence-corrected chi connectivity index (χ1v) is 8.38. The summed E-state index contributed by atoms with van der Waals surface area (Å²) in [5, 5.41) is 2.00. The number of alkyl halides is 1. The van der Waals surface area contributed by atoms with Crippen molar-refractivity contribution >= 4 is 32.6 Å². The maximum absolute atomic E-state index is 13.9. The standard InChI is InChI=1S/C17H17BrFNO/c18-11-12-5-3-4-10-20(12)17(21)15-8-9-16(19)14-7-2-1-6-13(14)15/h1-2,6-9,12H,3-5,10-11H2. The van der Waals surface area contributed by atoms with Gasteiger partial charge >= 0.3 is 0 Å². The van der Waals surface area contributed by atoms with Crippen molar-refractivity contribution in [2.75, 3.05) is 11.9 Å². The summed E-state index contributed by atoms with van der Waals surface area (Å²) in [6.45, 7) is 0.779. The van der Waals surface area contributed by atoms with Crippen LogP contribution in [0.5, 0.6) is 0 Å². The van der Waals surface area contributed by atoms with Crippen LogP contribution in [-0.2, 0) is 0 Å². The van der Waals surface area contributed by atoms with E-state index >= 15 is 0 Å². The number of piperidine rings is 1. The smallest absolute Gasteiger partial charge is 0.254 e. The number of benzene rings is 2. The molecule has 0 radical (unpaired) electrons. The molecule has 1 fully saturated rings. The summed E-state index contributed by atoms with van der Waals surface area (Å²) in [5.74, 6) is -0.270. The molecule has 2 aromatic carbocycles. The second-order valence-electron chi connectivity index (χ2n) is 5.44. The van der Waals surface area contributed by atoms with E-state index in [1.807, 2.05) is 17.0 Å². The third-order valence-corrected chi connectivity index (χ3v) is 4.91. The lowest BCUT2D eigenvalue weighted by Crippen LogP contribution is -2.44. The Morgan fingerprint density at radius 1 is 1.19 bits per heavy atom. The van der Waals surface area contributed by atoms with Gasteiger partial charge in [0.1, 0.15) is 5.82 Å². The zero-order chi connectivity index (χ0) is 14.8. The van der Waals surface area contributed by atoms with Crippen molar-refractivity contribution in [3.05, 3.63) is 47.8 Å². The second-order valence-corrected chi connectivity index (χ2v) is 6.09. The molecule has 0 bridgehead atoms. The van der Waals surface area contributed by atoms with Crippen LogP contribution in [0.1, 0.15) is 29.6 Å². The van der Waals surface area contributed by atoms with Crippen LogP contribution in [0.3, 0.4) is 0 Å². The fourth-order valence-corrected chi connectivity index (χ4v) is 3.71. The Morgan fingerprint density at radius 2 is 1.95 bits per heavy atom. The minimum absolute atomic E-state index is 0.00958. The van der Waals surface area contributed by atoms with Gasteiger partial charge in [-0.3, -0.25) is 4.79 Å². The number of fused-ring (bicyclic) bond motifs is 1. The molecular weight excluding hydrogens is 333 g/mol. The van der Waals surface area contributed by atoms with Crippen molar-refractivity contribution < 1.29 is 9.18 Å². The molecule has 0 spiro atoms. The maximum Gasteiger partial charge on any atom is 0.254 e. The van der Waals surface area contributed by atoms with E-state index in [1.165, 1.54) is 6.07 Å². The molecule has 0 aromatic heterocycles. The molecular formula is C17H17BrFNO. The summed E-state index contributed by atoms with van der Waals surface area (Å²) < 4.78 is 13.9. The predicted octanol–water partition coefficient (Wildman–Crippen LogP) is 4.37. The average Bonchev–Trinajstić information content (AvgIpc) is 2.55. The van der Waals surface area contributed by atoms with E-state index in [0.29, 0.717) is 16.3 Å². The number of hydrogen-bond donors (Lipinski definition) is 0. The van der Waals surface area contributed by atoms with E-state index in [0.717, 1.165) is 31.1 Å². The first-order valence-electron chi connectivity index (χ1n) is 7.26. The molecule has 1 unspecified atom stereocenters. The molecule has 2 nitrogen and oxygen atoms in total. The second kappa shape index (κ2) is 6.14. The van der Waals surface area contributed by atoms with Crippen LogP contribution in [0.2, 0.25) is 0 Å². The highest BCUT2D eigenvalue weighted by molar-refractivity contribution is 9.09. The first kappa shape index (κ1) is 14.5. The summed E-state index contributed by atoms with van der Waals surface area (Å²) in [4.78, 5) is 14.8. The van der Waals surface area contributed by atoms with Gasteiger partial charge in [0.25, 0.3) is 5.91 Å². The lowest BCUT2D eigenvalue weighted by atomic mass is 9.99. The van der Waals surface area contributed by atoms with Gasteiger partial charge in [0.05, 0.1) is 0 Å². The monoisotopic (exact) mass is 349 g/mol. The topological polar surface area (TPSA) is 20.3 Å². The van der Waals surface area contributed by atoms with Crippen LogP contribution in [0.25, 0.3) is 10.8 Å². The van der Waals surface area contributed by atoms with E-state index in [9.17, 15) is 9.18 Å². The molecule has 21 heavy (non-hydrogen) atoms. The van der Waals surface area contributed by atoms with Crippen molar-refractivity contribution in [1.82, 2.24) is 4.90 Å². The number of rotatable bonds is 2. The van der Waals surface area contributed by atoms with Crippen LogP contribution in [0.15, 0.2) is 36.4 Å². The van der Waals surface area contributed by atoms with Crippen LogP contribution in [0, 0.1) is 5.82 Å². The number of hydrogen-bond acceptors (Lipinski definition) is 1. The maximum atomic E-state index is 13.9. The Morgan fingerprint density at radius 3 is 2.71 bits per heavy atom. The number of likely N-dealkylation sites (tertiary alicyclic amines) is 1. The van der Waals surface area contributed by atoms with E-state index in [4.69, 9.17) is 0 Å². The molecule has 0 N–H and O–H groups in total. The van der Waals surface area contributed by atoms with Crippen LogP contribution >= 0.6 is 15.9 Å². The Labute approximate surface area is 132 Å². The number of nitrogens with zero attached hydrogens (tertiary/aromatic N) is 1. The van der Waals surface area contributed by atoms with Crippen molar-refractivity contribution in [3.63, 3.8) is 0 Å². The molecule has 1 heterocycles. The molecule has 0 aliphatic carbocycles. The predicted molar refractivity (Wildman–Crippen MR) is 86.4 cm³/mol. The number of carbonyl (C=O) groups is 1. The number of carbonyl (C=O) groups excluding carboxylic acids is 1. The fraction of sp³-hybridized carbons (Fsp3) is 0.353. The molecule has 1 amide bonds. The molecule has 2 aromatic rings. The molecule has 1 aliphatic rings. The summed E-state index contributed by atoms with van der Waals surface area (Å²) in [6.07, 6.45) is 3.22. The van der Waals surface area contributed by atoms with Gasteiger partial charge in [0, 0.05) is 28.9 Å². The SMILES string of the molecule is O=C(c1ccc(F)c2ccccc12)N1CCCCC1CBr. The molecule has 3 rings (SSSR count). The highest BCUT2D eigenvalue weighted by Gasteiger charge is 2.27. The van der Waals surface area contributed by atoms with Gasteiger partial charge in [-0.15, -0.1) is 0 Å². The normalized spacial score (nSPS) is 19.0. The van der Waals surface area contributed by atoms with Gasteiger partial charge < -0.3 is 4.90 Å². The Kier molecular flexibility index (Phi) is 4.24. The molecule has 0 saturated carbocycles. The van der Waals surface area contributed by atoms with Gasteiger partial charge in [-0.2, -0.15) is 0 Å². The third-order valence-electron chi connectivity index (χ3n) is 4.17. The third kappa shape index (κ3) is 2.69. The highest BCUT2D eigenvalue weighted by Crippen LogP contribution is 2.26. The molecule has 1 saturated heterocycles. The Balaban J connectivity index is 2.03. The molecule has 4 heteroatoms. The van der Waals surface area contributed by atoms with Crippen molar-refractivity contribution in [2.24, 2.45) is 0 Å². The highest BCUT2D eigenvalue weighted by atomic mass is 79.9. The van der Waals surface area contributed by atoms with Crippen LogP contribution in [0.4, 0.5) is 4.39 Å². The first-order chi connectivity index (χ1) is 10.2. The van der Waals surface area contributed by atoms with E-state index in [2.05, 4.69) is 15.9 Å². The zero-order valence-corrected chi connectivity index (χ0v) is 13.3. The van der Waals surface area contributed by atoms with Crippen molar-refractivity contribution in [1.29, 1.82) is 0 Å². The summed E-state index contributed by atoms with van der Waals surface area (Å²) in [6, 6.07) is 10.4. The minimum Gasteiger partial charge on any atom is -0.335 e. The van der Waals surface area contributed by atoms with Crippen molar-refractivity contribution in [2.45, 2.75) is 25.3 Å². The zero-order valence-electron chi connectivity index (χ0n) is 11.7. The molecule has 1 aliphatic heterocycles.